The van der Waals surface area contributed by atoms with E-state index in [1.54, 1.807) is 0 Å². The average Bonchev–Trinajstić information content (AvgIpc) is 3.10. The summed E-state index contributed by atoms with van der Waals surface area (Å²) in [5.74, 6) is 0.941. The summed E-state index contributed by atoms with van der Waals surface area (Å²) in [6, 6.07) is 0.601. The van der Waals surface area contributed by atoms with Crippen molar-refractivity contribution >= 4 is 5.91 Å². The third-order valence-corrected chi connectivity index (χ3v) is 4.68. The standard InChI is InChI=1S/C15H26N2O2/c18-15(12-19-11-13-5-6-13)17-9-3-4-14(10-17)16-7-1-2-8-16/h13-14H,1-12H2. The monoisotopic (exact) mass is 266 g/mol. The fourth-order valence-corrected chi connectivity index (χ4v) is 3.27. The van der Waals surface area contributed by atoms with Crippen LogP contribution in [0.5, 0.6) is 0 Å². The molecule has 2 heterocycles. The first-order chi connectivity index (χ1) is 9.33. The smallest absolute Gasteiger partial charge is 0.248 e. The van der Waals surface area contributed by atoms with Crippen LogP contribution in [0.25, 0.3) is 0 Å². The zero-order valence-corrected chi connectivity index (χ0v) is 11.9. The molecule has 3 rings (SSSR count). The number of carbonyl (C=O) groups excluding carboxylic acids is 1. The summed E-state index contributed by atoms with van der Waals surface area (Å²) in [7, 11) is 0. The molecule has 0 aromatic carbocycles. The minimum atomic E-state index is 0.199. The van der Waals surface area contributed by atoms with Gasteiger partial charge in [0.2, 0.25) is 5.91 Å². The molecule has 1 atom stereocenters. The molecule has 4 nitrogen and oxygen atoms in total. The van der Waals surface area contributed by atoms with Crippen LogP contribution in [0.2, 0.25) is 0 Å². The molecular formula is C15H26N2O2. The number of likely N-dealkylation sites (tertiary alicyclic amines) is 2. The van der Waals surface area contributed by atoms with Crippen molar-refractivity contribution in [1.29, 1.82) is 0 Å². The average molecular weight is 266 g/mol. The number of hydrogen-bond acceptors (Lipinski definition) is 3. The maximum absolute atomic E-state index is 12.1. The van der Waals surface area contributed by atoms with Crippen LogP contribution < -0.4 is 0 Å². The lowest BCUT2D eigenvalue weighted by atomic mass is 10.0. The van der Waals surface area contributed by atoms with Crippen LogP contribution in [0.4, 0.5) is 0 Å². The number of amides is 1. The van der Waals surface area contributed by atoms with Crippen molar-refractivity contribution in [2.45, 2.75) is 44.6 Å². The first-order valence-electron chi connectivity index (χ1n) is 7.92. The molecule has 1 amide bonds. The van der Waals surface area contributed by atoms with Gasteiger partial charge in [0.1, 0.15) is 6.61 Å². The second-order valence-electron chi connectivity index (χ2n) is 6.34. The Hall–Kier alpha value is -0.610. The molecule has 1 unspecified atom stereocenters. The van der Waals surface area contributed by atoms with Gasteiger partial charge in [0.25, 0.3) is 0 Å². The Balaban J connectivity index is 1.42. The molecule has 19 heavy (non-hydrogen) atoms. The van der Waals surface area contributed by atoms with E-state index in [2.05, 4.69) is 4.90 Å². The van der Waals surface area contributed by atoms with Crippen LogP contribution in [0, 0.1) is 5.92 Å². The predicted molar refractivity (Wildman–Crippen MR) is 74.0 cm³/mol. The SMILES string of the molecule is O=C(COCC1CC1)N1CCCC(N2CCCC2)C1. The largest absolute Gasteiger partial charge is 0.371 e. The lowest BCUT2D eigenvalue weighted by molar-refractivity contribution is -0.138. The van der Waals surface area contributed by atoms with Gasteiger partial charge in [-0.2, -0.15) is 0 Å². The highest BCUT2D eigenvalue weighted by atomic mass is 16.5. The Kier molecular flexibility index (Phi) is 4.38. The molecule has 1 saturated carbocycles. The summed E-state index contributed by atoms with van der Waals surface area (Å²) < 4.78 is 5.53. The maximum Gasteiger partial charge on any atom is 0.248 e. The van der Waals surface area contributed by atoms with Gasteiger partial charge in [-0.15, -0.1) is 0 Å². The molecular weight excluding hydrogens is 240 g/mol. The van der Waals surface area contributed by atoms with Crippen molar-refractivity contribution in [2.75, 3.05) is 39.4 Å². The third kappa shape index (κ3) is 3.69. The molecule has 2 aliphatic heterocycles. The molecule has 0 bridgehead atoms. The summed E-state index contributed by atoms with van der Waals surface area (Å²) in [5.41, 5.74) is 0. The summed E-state index contributed by atoms with van der Waals surface area (Å²) in [4.78, 5) is 16.7. The van der Waals surface area contributed by atoms with E-state index in [4.69, 9.17) is 4.74 Å². The minimum absolute atomic E-state index is 0.199. The molecule has 0 N–H and O–H groups in total. The quantitative estimate of drug-likeness (QED) is 0.756. The van der Waals surface area contributed by atoms with Crippen molar-refractivity contribution < 1.29 is 9.53 Å². The van der Waals surface area contributed by atoms with Crippen LogP contribution in [0.15, 0.2) is 0 Å². The fraction of sp³-hybridized carbons (Fsp3) is 0.933. The number of hydrogen-bond donors (Lipinski definition) is 0. The van der Waals surface area contributed by atoms with Gasteiger partial charge in [0.05, 0.1) is 6.61 Å². The van der Waals surface area contributed by atoms with Gasteiger partial charge in [-0.05, 0) is 57.5 Å². The lowest BCUT2D eigenvalue weighted by Crippen LogP contribution is -2.49. The fourth-order valence-electron chi connectivity index (χ4n) is 3.27. The second kappa shape index (κ2) is 6.23. The third-order valence-electron chi connectivity index (χ3n) is 4.68. The van der Waals surface area contributed by atoms with Crippen molar-refractivity contribution in [3.05, 3.63) is 0 Å². The van der Waals surface area contributed by atoms with Crippen molar-refractivity contribution in [1.82, 2.24) is 9.80 Å². The zero-order valence-electron chi connectivity index (χ0n) is 11.9. The van der Waals surface area contributed by atoms with Crippen LogP contribution in [-0.2, 0) is 9.53 Å². The van der Waals surface area contributed by atoms with E-state index in [0.717, 1.165) is 32.0 Å². The van der Waals surface area contributed by atoms with Crippen LogP contribution in [0.3, 0.4) is 0 Å². The Labute approximate surface area is 116 Å². The van der Waals surface area contributed by atoms with Crippen molar-refractivity contribution in [2.24, 2.45) is 5.92 Å². The summed E-state index contributed by atoms with van der Waals surface area (Å²) in [6.07, 6.45) is 7.63. The van der Waals surface area contributed by atoms with E-state index in [9.17, 15) is 4.79 Å². The van der Waals surface area contributed by atoms with Gasteiger partial charge < -0.3 is 9.64 Å². The topological polar surface area (TPSA) is 32.8 Å². The highest BCUT2D eigenvalue weighted by molar-refractivity contribution is 5.77. The summed E-state index contributed by atoms with van der Waals surface area (Å²) in [6.45, 7) is 5.38. The van der Waals surface area contributed by atoms with Gasteiger partial charge in [-0.1, -0.05) is 0 Å². The van der Waals surface area contributed by atoms with E-state index in [1.165, 1.54) is 45.2 Å². The Morgan fingerprint density at radius 1 is 1.05 bits per heavy atom. The molecule has 2 saturated heterocycles. The van der Waals surface area contributed by atoms with Crippen molar-refractivity contribution in [3.8, 4) is 0 Å². The molecule has 3 aliphatic rings. The number of piperidine rings is 1. The van der Waals surface area contributed by atoms with Crippen LogP contribution >= 0.6 is 0 Å². The van der Waals surface area contributed by atoms with Crippen molar-refractivity contribution in [3.63, 3.8) is 0 Å². The first kappa shape index (κ1) is 13.4. The van der Waals surface area contributed by atoms with E-state index < -0.39 is 0 Å². The maximum atomic E-state index is 12.1. The predicted octanol–water partition coefficient (Wildman–Crippen LogP) is 1.50. The second-order valence-corrected chi connectivity index (χ2v) is 6.34. The molecule has 0 aromatic heterocycles. The van der Waals surface area contributed by atoms with E-state index in [-0.39, 0.29) is 5.91 Å². The van der Waals surface area contributed by atoms with E-state index in [1.807, 2.05) is 4.90 Å². The van der Waals surface area contributed by atoms with E-state index in [0.29, 0.717) is 12.6 Å². The Bertz CT molecular complexity index is 311. The zero-order chi connectivity index (χ0) is 13.1. The summed E-state index contributed by atoms with van der Waals surface area (Å²) >= 11 is 0. The first-order valence-corrected chi connectivity index (χ1v) is 7.92. The van der Waals surface area contributed by atoms with E-state index >= 15 is 0 Å². The molecule has 3 fully saturated rings. The molecule has 0 aromatic rings. The van der Waals surface area contributed by atoms with Crippen LogP contribution in [-0.4, -0.2) is 61.1 Å². The number of nitrogens with zero attached hydrogens (tertiary/aromatic N) is 2. The number of ether oxygens (including phenoxy) is 1. The Morgan fingerprint density at radius 2 is 1.84 bits per heavy atom. The Morgan fingerprint density at radius 3 is 2.58 bits per heavy atom. The van der Waals surface area contributed by atoms with Gasteiger partial charge >= 0.3 is 0 Å². The van der Waals surface area contributed by atoms with Gasteiger partial charge in [0, 0.05) is 19.1 Å². The number of carbonyl (C=O) groups is 1. The number of rotatable bonds is 5. The molecule has 0 spiro atoms. The van der Waals surface area contributed by atoms with Gasteiger partial charge in [-0.3, -0.25) is 9.69 Å². The molecule has 1 aliphatic carbocycles. The highest BCUT2D eigenvalue weighted by Gasteiger charge is 2.29. The van der Waals surface area contributed by atoms with Crippen LogP contribution in [0.1, 0.15) is 38.5 Å². The summed E-state index contributed by atoms with van der Waals surface area (Å²) in [5, 5.41) is 0. The molecule has 0 radical (unpaired) electrons. The normalized spacial score (nSPS) is 28.8. The molecule has 108 valence electrons. The minimum Gasteiger partial charge on any atom is -0.371 e. The molecule has 4 heteroatoms. The van der Waals surface area contributed by atoms with Gasteiger partial charge in [0.15, 0.2) is 0 Å². The lowest BCUT2D eigenvalue weighted by Gasteiger charge is -2.37. The highest BCUT2D eigenvalue weighted by Crippen LogP contribution is 2.28. The van der Waals surface area contributed by atoms with Gasteiger partial charge in [-0.25, -0.2) is 0 Å².